The molecule has 102 valence electrons. The Bertz CT molecular complexity index is 792. The lowest BCUT2D eigenvalue weighted by molar-refractivity contribution is 0.411. The number of hydrogen-bond donors (Lipinski definition) is 0. The maximum absolute atomic E-state index is 12.4. The lowest BCUT2D eigenvalue weighted by atomic mass is 10.3. The van der Waals surface area contributed by atoms with Crippen molar-refractivity contribution in [1.82, 2.24) is 14.3 Å². The van der Waals surface area contributed by atoms with E-state index >= 15 is 0 Å². The van der Waals surface area contributed by atoms with Crippen molar-refractivity contribution < 1.29 is 4.74 Å². The van der Waals surface area contributed by atoms with Crippen LogP contribution in [0.25, 0.3) is 10.7 Å². The van der Waals surface area contributed by atoms with Gasteiger partial charge in [0, 0.05) is 5.02 Å². The molecule has 0 radical (unpaired) electrons. The smallest absolute Gasteiger partial charge is 0.355 e. The number of rotatable bonds is 3. The van der Waals surface area contributed by atoms with E-state index < -0.39 is 0 Å². The van der Waals surface area contributed by atoms with Gasteiger partial charge in [0.05, 0.1) is 7.11 Å². The summed E-state index contributed by atoms with van der Waals surface area (Å²) in [5.74, 6) is 0.535. The molecule has 7 heteroatoms. The molecule has 0 aliphatic rings. The van der Waals surface area contributed by atoms with Crippen LogP contribution in [0.15, 0.2) is 46.8 Å². The number of halogens is 1. The van der Waals surface area contributed by atoms with Crippen LogP contribution in [0.1, 0.15) is 0 Å². The number of hydrogen-bond acceptors (Lipinski definition) is 4. The molecule has 0 aliphatic heterocycles. The normalized spacial score (nSPS) is 10.7. The molecule has 2 aromatic heterocycles. The van der Waals surface area contributed by atoms with E-state index in [0.29, 0.717) is 16.5 Å². The van der Waals surface area contributed by atoms with Gasteiger partial charge >= 0.3 is 5.69 Å². The fourth-order valence-corrected chi connectivity index (χ4v) is 2.71. The van der Waals surface area contributed by atoms with Crippen LogP contribution < -0.4 is 10.4 Å². The van der Waals surface area contributed by atoms with Gasteiger partial charge in [-0.2, -0.15) is 9.78 Å². The predicted molar refractivity (Wildman–Crippen MR) is 78.6 cm³/mol. The number of ether oxygens (including phenoxy) is 1. The molecular formula is C13H10ClN3O2S. The predicted octanol–water partition coefficient (Wildman–Crippen LogP) is 2.75. The molecule has 0 aliphatic carbocycles. The first kappa shape index (κ1) is 13.0. The Hall–Kier alpha value is -2.05. The van der Waals surface area contributed by atoms with E-state index in [2.05, 4.69) is 5.10 Å². The van der Waals surface area contributed by atoms with Crippen molar-refractivity contribution in [3.63, 3.8) is 0 Å². The second-order valence-electron chi connectivity index (χ2n) is 3.96. The fraction of sp³-hybridized carbons (Fsp3) is 0.0769. The van der Waals surface area contributed by atoms with Crippen molar-refractivity contribution in [2.75, 3.05) is 7.11 Å². The van der Waals surface area contributed by atoms with Gasteiger partial charge in [0.2, 0.25) is 0 Å². The topological polar surface area (TPSA) is 49.0 Å². The molecule has 0 amide bonds. The van der Waals surface area contributed by atoms with Gasteiger partial charge in [-0.3, -0.25) is 0 Å². The number of methoxy groups -OCH3 is 1. The Balaban J connectivity index is 2.17. The van der Waals surface area contributed by atoms with Crippen LogP contribution in [0.5, 0.6) is 5.75 Å². The molecule has 0 bridgehead atoms. The van der Waals surface area contributed by atoms with Gasteiger partial charge in [0.25, 0.3) is 0 Å². The molecule has 3 rings (SSSR count). The van der Waals surface area contributed by atoms with Crippen molar-refractivity contribution in [2.45, 2.75) is 0 Å². The summed E-state index contributed by atoms with van der Waals surface area (Å²) < 4.78 is 7.99. The van der Waals surface area contributed by atoms with Gasteiger partial charge in [0.1, 0.15) is 22.8 Å². The van der Waals surface area contributed by atoms with Crippen molar-refractivity contribution in [1.29, 1.82) is 0 Å². The maximum atomic E-state index is 12.4. The third-order valence-electron chi connectivity index (χ3n) is 2.78. The minimum absolute atomic E-state index is 0.270. The molecule has 0 saturated heterocycles. The SMILES string of the molecule is COc1ccc(Cl)cc1-n1ncn(-c2cccs2)c1=O. The Morgan fingerprint density at radius 2 is 2.20 bits per heavy atom. The molecule has 3 aromatic rings. The number of benzene rings is 1. The van der Waals surface area contributed by atoms with E-state index in [1.165, 1.54) is 34.0 Å². The van der Waals surface area contributed by atoms with Crippen molar-refractivity contribution in [3.8, 4) is 16.4 Å². The van der Waals surface area contributed by atoms with Gasteiger partial charge in [0.15, 0.2) is 0 Å². The summed E-state index contributed by atoms with van der Waals surface area (Å²) in [4.78, 5) is 12.4. The molecule has 0 spiro atoms. The number of aromatic nitrogens is 3. The minimum Gasteiger partial charge on any atom is -0.494 e. The highest BCUT2D eigenvalue weighted by atomic mass is 35.5. The maximum Gasteiger partial charge on any atom is 0.355 e. The van der Waals surface area contributed by atoms with Crippen LogP contribution in [-0.2, 0) is 0 Å². The van der Waals surface area contributed by atoms with Gasteiger partial charge in [-0.05, 0) is 35.7 Å². The highest BCUT2D eigenvalue weighted by Gasteiger charge is 2.13. The van der Waals surface area contributed by atoms with Crippen LogP contribution in [0, 0.1) is 0 Å². The van der Waals surface area contributed by atoms with Gasteiger partial charge < -0.3 is 4.74 Å². The Morgan fingerprint density at radius 1 is 1.35 bits per heavy atom. The molecule has 0 saturated carbocycles. The third kappa shape index (κ3) is 2.13. The first-order chi connectivity index (χ1) is 9.70. The zero-order valence-electron chi connectivity index (χ0n) is 10.5. The summed E-state index contributed by atoms with van der Waals surface area (Å²) in [5, 5.41) is 7.35. The second-order valence-corrected chi connectivity index (χ2v) is 5.33. The summed E-state index contributed by atoms with van der Waals surface area (Å²) in [7, 11) is 1.54. The standard InChI is InChI=1S/C13H10ClN3O2S/c1-19-11-5-4-9(14)7-10(11)17-13(18)16(8-15-17)12-3-2-6-20-12/h2-8H,1H3. The first-order valence-electron chi connectivity index (χ1n) is 5.75. The molecule has 2 heterocycles. The van der Waals surface area contributed by atoms with Crippen LogP contribution in [-0.4, -0.2) is 21.5 Å². The van der Waals surface area contributed by atoms with E-state index in [0.717, 1.165) is 5.00 Å². The van der Waals surface area contributed by atoms with Crippen LogP contribution in [0.3, 0.4) is 0 Å². The Kier molecular flexibility index (Phi) is 3.33. The van der Waals surface area contributed by atoms with E-state index in [1.54, 1.807) is 18.2 Å². The summed E-state index contributed by atoms with van der Waals surface area (Å²) in [6.45, 7) is 0. The van der Waals surface area contributed by atoms with E-state index in [1.807, 2.05) is 17.5 Å². The lowest BCUT2D eigenvalue weighted by Gasteiger charge is -2.07. The summed E-state index contributed by atoms with van der Waals surface area (Å²) >= 11 is 7.44. The molecule has 0 fully saturated rings. The van der Waals surface area contributed by atoms with E-state index in [9.17, 15) is 4.79 Å². The average molecular weight is 308 g/mol. The quantitative estimate of drug-likeness (QED) is 0.747. The monoisotopic (exact) mass is 307 g/mol. The molecule has 1 aromatic carbocycles. The fourth-order valence-electron chi connectivity index (χ4n) is 1.86. The molecular weight excluding hydrogens is 298 g/mol. The molecule has 0 atom stereocenters. The van der Waals surface area contributed by atoms with E-state index in [-0.39, 0.29) is 5.69 Å². The van der Waals surface area contributed by atoms with Crippen LogP contribution >= 0.6 is 22.9 Å². The van der Waals surface area contributed by atoms with Gasteiger partial charge in [-0.1, -0.05) is 11.6 Å². The van der Waals surface area contributed by atoms with E-state index in [4.69, 9.17) is 16.3 Å². The summed E-state index contributed by atoms with van der Waals surface area (Å²) in [5.41, 5.74) is 0.244. The minimum atomic E-state index is -0.270. The molecule has 5 nitrogen and oxygen atoms in total. The highest BCUT2D eigenvalue weighted by molar-refractivity contribution is 7.12. The van der Waals surface area contributed by atoms with Crippen molar-refractivity contribution in [3.05, 3.63) is 57.5 Å². The zero-order chi connectivity index (χ0) is 14.1. The van der Waals surface area contributed by atoms with Gasteiger partial charge in [-0.15, -0.1) is 11.3 Å². The van der Waals surface area contributed by atoms with Gasteiger partial charge in [-0.25, -0.2) is 9.36 Å². The third-order valence-corrected chi connectivity index (χ3v) is 3.89. The Labute approximate surface area is 123 Å². The largest absolute Gasteiger partial charge is 0.494 e. The zero-order valence-corrected chi connectivity index (χ0v) is 12.1. The first-order valence-corrected chi connectivity index (χ1v) is 7.01. The van der Waals surface area contributed by atoms with Crippen LogP contribution in [0.2, 0.25) is 5.02 Å². The molecule has 0 N–H and O–H groups in total. The summed E-state index contributed by atoms with van der Waals surface area (Å²) in [6, 6.07) is 8.78. The average Bonchev–Trinajstić information content (AvgIpc) is 3.07. The highest BCUT2D eigenvalue weighted by Crippen LogP contribution is 2.25. The van der Waals surface area contributed by atoms with Crippen molar-refractivity contribution >= 4 is 22.9 Å². The summed E-state index contributed by atoms with van der Waals surface area (Å²) in [6.07, 6.45) is 1.48. The molecule has 20 heavy (non-hydrogen) atoms. The Morgan fingerprint density at radius 3 is 2.90 bits per heavy atom. The lowest BCUT2D eigenvalue weighted by Crippen LogP contribution is -2.22. The number of nitrogens with zero attached hydrogens (tertiary/aromatic N) is 3. The molecule has 0 unspecified atom stereocenters. The second kappa shape index (κ2) is 5.15. The van der Waals surface area contributed by atoms with Crippen LogP contribution in [0.4, 0.5) is 0 Å². The number of thiophene rings is 1. The van der Waals surface area contributed by atoms with Crippen molar-refractivity contribution in [2.24, 2.45) is 0 Å².